The number of allylic oxidation sites excluding steroid dienone is 4. The summed E-state index contributed by atoms with van der Waals surface area (Å²) in [4.78, 5) is 4.73. The van der Waals surface area contributed by atoms with Crippen LogP contribution in [0.15, 0.2) is 252 Å². The third-order valence-corrected chi connectivity index (χ3v) is 16.1. The molecule has 11 aromatic carbocycles. The molecule has 4 heteroatoms. The maximum absolute atomic E-state index is 7.11. The van der Waals surface area contributed by atoms with Gasteiger partial charge in [-0.1, -0.05) is 172 Å². The molecule has 0 radical (unpaired) electrons. The summed E-state index contributed by atoms with van der Waals surface area (Å²) >= 11 is 0. The summed E-state index contributed by atoms with van der Waals surface area (Å²) in [6.07, 6.45) is 8.99. The molecule has 0 aliphatic heterocycles. The Labute approximate surface area is 435 Å². The highest BCUT2D eigenvalue weighted by molar-refractivity contribution is 6.30. The van der Waals surface area contributed by atoms with Gasteiger partial charge in [0.2, 0.25) is 0 Å². The molecule has 0 spiro atoms. The number of benzene rings is 11. The molecule has 2 heterocycles. The molecule has 2 aromatic heterocycles. The number of nitrogens with zero attached hydrogens (tertiary/aromatic N) is 2. The zero-order valence-electron chi connectivity index (χ0n) is 41.7. The minimum absolute atomic E-state index is 0.122. The molecular weight excluding hydrogens is 913 g/mol. The van der Waals surface area contributed by atoms with Crippen LogP contribution in [0.4, 0.5) is 34.1 Å². The van der Waals surface area contributed by atoms with E-state index >= 15 is 0 Å². The topological polar surface area (TPSA) is 32.8 Å². The third-order valence-electron chi connectivity index (χ3n) is 16.1. The Hall–Kier alpha value is -9.38. The maximum Gasteiger partial charge on any atom is 0.159 e. The molecule has 75 heavy (non-hydrogen) atoms. The lowest BCUT2D eigenvalue weighted by Gasteiger charge is -2.28. The number of anilines is 6. The molecule has 4 nitrogen and oxygen atoms in total. The van der Waals surface area contributed by atoms with Crippen molar-refractivity contribution in [2.24, 2.45) is 0 Å². The third kappa shape index (κ3) is 6.76. The van der Waals surface area contributed by atoms with E-state index in [1.165, 1.54) is 44.2 Å². The van der Waals surface area contributed by atoms with Crippen LogP contribution in [0, 0.1) is 0 Å². The summed E-state index contributed by atoms with van der Waals surface area (Å²) in [6, 6.07) is 81.5. The molecule has 2 aliphatic carbocycles. The lowest BCUT2D eigenvalue weighted by molar-refractivity contribution is 0.660. The summed E-state index contributed by atoms with van der Waals surface area (Å²) < 4.78 is 13.8. The Morgan fingerprint density at radius 1 is 0.373 bits per heavy atom. The Bertz CT molecular complexity index is 4510. The highest BCUT2D eigenvalue weighted by Gasteiger charge is 2.36. The molecular formula is C71H50N2O2. The molecule has 15 rings (SSSR count). The van der Waals surface area contributed by atoms with Crippen LogP contribution in [-0.4, -0.2) is 0 Å². The second kappa shape index (κ2) is 16.8. The predicted molar refractivity (Wildman–Crippen MR) is 315 cm³/mol. The van der Waals surface area contributed by atoms with Crippen LogP contribution in [0.5, 0.6) is 0 Å². The molecule has 0 saturated carbocycles. The molecule has 0 N–H and O–H groups in total. The minimum Gasteiger partial charge on any atom is -0.455 e. The Morgan fingerprint density at radius 2 is 1.00 bits per heavy atom. The van der Waals surface area contributed by atoms with Crippen LogP contribution < -0.4 is 9.80 Å². The Morgan fingerprint density at radius 3 is 1.85 bits per heavy atom. The van der Waals surface area contributed by atoms with E-state index in [1.54, 1.807) is 0 Å². The molecule has 0 saturated heterocycles. The smallest absolute Gasteiger partial charge is 0.159 e. The fraction of sp³-hybridized carbons (Fsp3) is 0.0704. The average Bonchev–Trinajstić information content (AvgIpc) is 4.12. The minimum atomic E-state index is -0.122. The maximum atomic E-state index is 7.11. The first-order chi connectivity index (χ1) is 37.0. The van der Waals surface area contributed by atoms with Gasteiger partial charge in [0.25, 0.3) is 0 Å². The molecule has 13 aromatic rings. The number of rotatable bonds is 8. The quantitative estimate of drug-likeness (QED) is 0.142. The van der Waals surface area contributed by atoms with Gasteiger partial charge in [-0.2, -0.15) is 0 Å². The van der Waals surface area contributed by atoms with E-state index in [4.69, 9.17) is 8.83 Å². The van der Waals surface area contributed by atoms with E-state index in [0.717, 1.165) is 113 Å². The fourth-order valence-corrected chi connectivity index (χ4v) is 12.5. The van der Waals surface area contributed by atoms with Crippen molar-refractivity contribution in [1.82, 2.24) is 0 Å². The summed E-state index contributed by atoms with van der Waals surface area (Å²) in [5.41, 5.74) is 19.8. The number of furan rings is 2. The van der Waals surface area contributed by atoms with Crippen LogP contribution in [0.1, 0.15) is 43.4 Å². The van der Waals surface area contributed by atoms with Gasteiger partial charge in [-0.15, -0.1) is 0 Å². The lowest BCUT2D eigenvalue weighted by Crippen LogP contribution is -2.16. The zero-order chi connectivity index (χ0) is 49.8. The van der Waals surface area contributed by atoms with Crippen LogP contribution in [0.3, 0.4) is 0 Å². The Kier molecular flexibility index (Phi) is 9.71. The lowest BCUT2D eigenvalue weighted by atomic mass is 9.82. The van der Waals surface area contributed by atoms with E-state index in [1.807, 2.05) is 6.07 Å². The molecule has 0 amide bonds. The van der Waals surface area contributed by atoms with Gasteiger partial charge < -0.3 is 18.6 Å². The number of fused-ring (bicyclic) bond motifs is 14. The zero-order valence-corrected chi connectivity index (χ0v) is 41.7. The molecule has 0 fully saturated rings. The van der Waals surface area contributed by atoms with Crippen LogP contribution in [0.25, 0.3) is 93.2 Å². The van der Waals surface area contributed by atoms with E-state index < -0.39 is 0 Å². The second-order valence-corrected chi connectivity index (χ2v) is 20.7. The van der Waals surface area contributed by atoms with Crippen LogP contribution >= 0.6 is 0 Å². The number of hydrogen-bond acceptors (Lipinski definition) is 4. The second-order valence-electron chi connectivity index (χ2n) is 20.7. The van der Waals surface area contributed by atoms with Crippen LogP contribution in [0.2, 0.25) is 0 Å². The normalized spacial score (nSPS) is 13.8. The van der Waals surface area contributed by atoms with Gasteiger partial charge in [0.1, 0.15) is 16.7 Å². The van der Waals surface area contributed by atoms with Gasteiger partial charge in [-0.3, -0.25) is 0 Å². The highest BCUT2D eigenvalue weighted by Crippen LogP contribution is 2.52. The summed E-state index contributed by atoms with van der Waals surface area (Å²) in [6.45, 7) is 4.69. The van der Waals surface area contributed by atoms with Gasteiger partial charge in [-0.05, 0) is 147 Å². The van der Waals surface area contributed by atoms with Crippen molar-refractivity contribution in [2.75, 3.05) is 9.80 Å². The number of para-hydroxylation sites is 4. The first-order valence-electron chi connectivity index (χ1n) is 26.1. The summed E-state index contributed by atoms with van der Waals surface area (Å²) in [5, 5.41) is 9.08. The summed E-state index contributed by atoms with van der Waals surface area (Å²) in [5.74, 6) is 0. The van der Waals surface area contributed by atoms with Crippen LogP contribution in [-0.2, 0) is 5.41 Å². The van der Waals surface area contributed by atoms with E-state index in [-0.39, 0.29) is 5.41 Å². The van der Waals surface area contributed by atoms with Crippen molar-refractivity contribution < 1.29 is 8.83 Å². The molecule has 2 aliphatic rings. The van der Waals surface area contributed by atoms with Crippen molar-refractivity contribution in [3.63, 3.8) is 0 Å². The summed E-state index contributed by atoms with van der Waals surface area (Å²) in [7, 11) is 0. The predicted octanol–water partition coefficient (Wildman–Crippen LogP) is 20.4. The molecule has 0 bridgehead atoms. The average molecular weight is 963 g/mol. The largest absolute Gasteiger partial charge is 0.455 e. The van der Waals surface area contributed by atoms with Gasteiger partial charge in [0.05, 0.1) is 11.4 Å². The van der Waals surface area contributed by atoms with Crippen molar-refractivity contribution >= 4 is 105 Å². The van der Waals surface area contributed by atoms with E-state index in [9.17, 15) is 0 Å². The van der Waals surface area contributed by atoms with E-state index in [2.05, 4.69) is 260 Å². The van der Waals surface area contributed by atoms with Gasteiger partial charge in [-0.25, -0.2) is 0 Å². The van der Waals surface area contributed by atoms with Crippen molar-refractivity contribution in [3.8, 4) is 22.3 Å². The van der Waals surface area contributed by atoms with E-state index in [0.29, 0.717) is 0 Å². The van der Waals surface area contributed by atoms with Crippen molar-refractivity contribution in [2.45, 2.75) is 32.1 Å². The molecule has 356 valence electrons. The Balaban J connectivity index is 0.844. The number of hydrogen-bond donors (Lipinski definition) is 0. The van der Waals surface area contributed by atoms with Gasteiger partial charge in [0, 0.05) is 66.7 Å². The first kappa shape index (κ1) is 43.2. The van der Waals surface area contributed by atoms with Crippen molar-refractivity contribution in [3.05, 3.63) is 259 Å². The van der Waals surface area contributed by atoms with Gasteiger partial charge >= 0.3 is 0 Å². The highest BCUT2D eigenvalue weighted by atomic mass is 16.3. The van der Waals surface area contributed by atoms with Gasteiger partial charge in [0.15, 0.2) is 5.58 Å². The first-order valence-corrected chi connectivity index (χ1v) is 26.1. The van der Waals surface area contributed by atoms with Crippen molar-refractivity contribution in [1.29, 1.82) is 0 Å². The SMILES string of the molecule is CC1(C)c2ccccc2-c2ccc(N(c3ccccc3)c3ccc4c(c3)oc3c5ccc(-c6ccc(N(c7ccccc7C7=CCCC=C7)c7cccc8c7oc7ccccc78)cc6)cc5c5ccccc5c43)cc21. The monoisotopic (exact) mass is 962 g/mol. The standard InChI is InChI=1S/C71H50N2O2/c1-71(2)62-28-14-11-24-54(62)55-40-37-50(43-63(55)71)72(48-20-7-4-8-21-48)51-38-41-60-67(44-51)75-70-59-39-34-47(42-61(59)53-23-9-10-26-57(53)68(60)70)45-32-35-49(36-33-45)73(64-29-15-12-22-52(64)46-18-5-3-6-19-46)65-30-17-27-58-56-25-13-16-31-66(56)74-69(58)65/h4-5,7-44H,3,6H2,1-2H3. The molecule has 0 atom stereocenters. The fourth-order valence-electron chi connectivity index (χ4n) is 12.5. The molecule has 0 unspecified atom stereocenters.